The summed E-state index contributed by atoms with van der Waals surface area (Å²) in [5, 5.41) is 0. The highest BCUT2D eigenvalue weighted by molar-refractivity contribution is 5.77. The Bertz CT molecular complexity index is 765. The van der Waals surface area contributed by atoms with Crippen molar-refractivity contribution < 1.29 is 14.3 Å². The zero-order chi connectivity index (χ0) is 18.0. The van der Waals surface area contributed by atoms with Gasteiger partial charge in [-0.25, -0.2) is 0 Å². The Morgan fingerprint density at radius 3 is 2.64 bits per heavy atom. The topological polar surface area (TPSA) is 38.8 Å². The van der Waals surface area contributed by atoms with Gasteiger partial charge in [-0.05, 0) is 32.4 Å². The summed E-state index contributed by atoms with van der Waals surface area (Å²) in [6.07, 6.45) is 0.848. The summed E-state index contributed by atoms with van der Waals surface area (Å²) in [6.45, 7) is 6.73. The van der Waals surface area contributed by atoms with Crippen LogP contribution in [0.15, 0.2) is 42.5 Å². The molecule has 4 nitrogen and oxygen atoms in total. The molecule has 0 spiro atoms. The van der Waals surface area contributed by atoms with E-state index in [0.717, 1.165) is 23.3 Å². The van der Waals surface area contributed by atoms with Crippen LogP contribution in [0.5, 0.6) is 11.5 Å². The predicted octanol–water partition coefficient (Wildman–Crippen LogP) is 3.75. The molecule has 25 heavy (non-hydrogen) atoms. The number of amides is 1. The van der Waals surface area contributed by atoms with Crippen molar-refractivity contribution in [2.45, 2.75) is 39.3 Å². The highest BCUT2D eigenvalue weighted by atomic mass is 16.5. The Morgan fingerprint density at radius 1 is 1.20 bits per heavy atom. The van der Waals surface area contributed by atoms with Gasteiger partial charge in [-0.1, -0.05) is 42.0 Å². The molecule has 0 N–H and O–H groups in total. The van der Waals surface area contributed by atoms with Gasteiger partial charge in [-0.3, -0.25) is 4.79 Å². The van der Waals surface area contributed by atoms with Gasteiger partial charge in [0.25, 0.3) is 5.91 Å². The first-order chi connectivity index (χ1) is 11.8. The van der Waals surface area contributed by atoms with E-state index in [9.17, 15) is 4.79 Å². The zero-order valence-corrected chi connectivity index (χ0v) is 15.3. The lowest BCUT2D eigenvalue weighted by Crippen LogP contribution is -2.31. The van der Waals surface area contributed by atoms with Crippen molar-refractivity contribution >= 4 is 5.91 Å². The highest BCUT2D eigenvalue weighted by Crippen LogP contribution is 2.41. The van der Waals surface area contributed by atoms with Gasteiger partial charge in [0.1, 0.15) is 5.60 Å². The van der Waals surface area contributed by atoms with E-state index in [1.165, 1.54) is 5.56 Å². The molecule has 0 saturated carbocycles. The van der Waals surface area contributed by atoms with Gasteiger partial charge in [0.05, 0.1) is 0 Å². The molecule has 4 heteroatoms. The Balaban J connectivity index is 1.60. The number of nitrogens with zero attached hydrogens (tertiary/aromatic N) is 1. The molecule has 0 aliphatic carbocycles. The summed E-state index contributed by atoms with van der Waals surface area (Å²) in [5.74, 6) is 1.34. The van der Waals surface area contributed by atoms with Crippen molar-refractivity contribution in [2.24, 2.45) is 0 Å². The molecule has 132 valence electrons. The van der Waals surface area contributed by atoms with E-state index in [4.69, 9.17) is 9.47 Å². The first-order valence-corrected chi connectivity index (χ1v) is 8.57. The van der Waals surface area contributed by atoms with E-state index < -0.39 is 0 Å². The molecule has 1 aliphatic heterocycles. The predicted molar refractivity (Wildman–Crippen MR) is 98.0 cm³/mol. The molecule has 0 aromatic heterocycles. The lowest BCUT2D eigenvalue weighted by molar-refractivity contribution is -0.132. The Labute approximate surface area is 149 Å². The monoisotopic (exact) mass is 339 g/mol. The molecule has 0 bridgehead atoms. The first kappa shape index (κ1) is 17.3. The van der Waals surface area contributed by atoms with Crippen LogP contribution in [0.3, 0.4) is 0 Å². The van der Waals surface area contributed by atoms with E-state index in [1.807, 2.05) is 37.3 Å². The number of carbonyl (C=O) groups excluding carboxylic acids is 1. The molecule has 0 atom stereocenters. The quantitative estimate of drug-likeness (QED) is 0.833. The molecule has 1 heterocycles. The maximum absolute atomic E-state index is 12.4. The van der Waals surface area contributed by atoms with Gasteiger partial charge < -0.3 is 14.4 Å². The second-order valence-corrected chi connectivity index (χ2v) is 7.31. The number of rotatable bonds is 5. The molecule has 3 rings (SSSR count). The summed E-state index contributed by atoms with van der Waals surface area (Å²) in [4.78, 5) is 14.1. The van der Waals surface area contributed by atoms with Gasteiger partial charge in [0, 0.05) is 25.6 Å². The minimum atomic E-state index is -0.228. The molecule has 1 aliphatic rings. The third kappa shape index (κ3) is 4.13. The summed E-state index contributed by atoms with van der Waals surface area (Å²) in [6, 6.07) is 14.0. The zero-order valence-electron chi connectivity index (χ0n) is 15.3. The number of carbonyl (C=O) groups is 1. The first-order valence-electron chi connectivity index (χ1n) is 8.57. The van der Waals surface area contributed by atoms with Gasteiger partial charge in [0.15, 0.2) is 18.1 Å². The fraction of sp³-hybridized carbons (Fsp3) is 0.381. The SMILES string of the molecule is Cc1ccc(CN(C)C(=O)COc2cccc3c2OC(C)(C)C3)cc1. The van der Waals surface area contributed by atoms with Gasteiger partial charge in [-0.2, -0.15) is 0 Å². The normalized spacial score (nSPS) is 14.6. The summed E-state index contributed by atoms with van der Waals surface area (Å²) < 4.78 is 11.7. The number of hydrogen-bond donors (Lipinski definition) is 0. The summed E-state index contributed by atoms with van der Waals surface area (Å²) >= 11 is 0. The number of hydrogen-bond acceptors (Lipinski definition) is 3. The third-order valence-corrected chi connectivity index (χ3v) is 4.37. The molecule has 1 amide bonds. The largest absolute Gasteiger partial charge is 0.483 e. The summed E-state index contributed by atoms with van der Waals surface area (Å²) in [7, 11) is 1.79. The fourth-order valence-corrected chi connectivity index (χ4v) is 3.01. The van der Waals surface area contributed by atoms with Crippen molar-refractivity contribution in [3.63, 3.8) is 0 Å². The molecule has 0 saturated heterocycles. The van der Waals surface area contributed by atoms with Crippen LogP contribution in [-0.2, 0) is 17.8 Å². The number of para-hydroxylation sites is 1. The number of aryl methyl sites for hydroxylation is 1. The van der Waals surface area contributed by atoms with E-state index in [-0.39, 0.29) is 18.1 Å². The van der Waals surface area contributed by atoms with E-state index in [0.29, 0.717) is 12.3 Å². The fourth-order valence-electron chi connectivity index (χ4n) is 3.01. The standard InChI is InChI=1S/C21H25NO3/c1-15-8-10-16(11-9-15)13-22(4)19(23)14-24-18-7-5-6-17-12-21(2,3)25-20(17)18/h5-11H,12-14H2,1-4H3. The van der Waals surface area contributed by atoms with Crippen molar-refractivity contribution in [3.05, 3.63) is 59.2 Å². The highest BCUT2D eigenvalue weighted by Gasteiger charge is 2.32. The van der Waals surface area contributed by atoms with E-state index >= 15 is 0 Å². The molecule has 0 unspecified atom stereocenters. The van der Waals surface area contributed by atoms with Crippen LogP contribution in [0.25, 0.3) is 0 Å². The van der Waals surface area contributed by atoms with Gasteiger partial charge >= 0.3 is 0 Å². The van der Waals surface area contributed by atoms with Crippen LogP contribution in [0.2, 0.25) is 0 Å². The number of likely N-dealkylation sites (N-methyl/N-ethyl adjacent to an activating group) is 1. The van der Waals surface area contributed by atoms with Crippen molar-refractivity contribution in [1.29, 1.82) is 0 Å². The van der Waals surface area contributed by atoms with Crippen molar-refractivity contribution in [3.8, 4) is 11.5 Å². The minimum Gasteiger partial charge on any atom is -0.483 e. The maximum atomic E-state index is 12.4. The Hall–Kier alpha value is -2.49. The van der Waals surface area contributed by atoms with Crippen LogP contribution >= 0.6 is 0 Å². The molecular formula is C21H25NO3. The Morgan fingerprint density at radius 2 is 1.92 bits per heavy atom. The van der Waals surface area contributed by atoms with Crippen LogP contribution < -0.4 is 9.47 Å². The lowest BCUT2D eigenvalue weighted by atomic mass is 10.0. The molecule has 2 aromatic rings. The van der Waals surface area contributed by atoms with Crippen molar-refractivity contribution in [2.75, 3.05) is 13.7 Å². The average molecular weight is 339 g/mol. The maximum Gasteiger partial charge on any atom is 0.260 e. The van der Waals surface area contributed by atoms with Crippen molar-refractivity contribution in [1.82, 2.24) is 4.90 Å². The van der Waals surface area contributed by atoms with Gasteiger partial charge in [-0.15, -0.1) is 0 Å². The van der Waals surface area contributed by atoms with Crippen LogP contribution in [0.4, 0.5) is 0 Å². The smallest absolute Gasteiger partial charge is 0.260 e. The molecule has 0 fully saturated rings. The lowest BCUT2D eigenvalue weighted by Gasteiger charge is -2.20. The van der Waals surface area contributed by atoms with Crippen LogP contribution in [0, 0.1) is 6.92 Å². The molecule has 2 aromatic carbocycles. The molecular weight excluding hydrogens is 314 g/mol. The molecule has 0 radical (unpaired) electrons. The minimum absolute atomic E-state index is 0.00258. The third-order valence-electron chi connectivity index (χ3n) is 4.37. The number of benzene rings is 2. The van der Waals surface area contributed by atoms with E-state index in [2.05, 4.69) is 26.0 Å². The second kappa shape index (κ2) is 6.79. The van der Waals surface area contributed by atoms with Crippen LogP contribution in [0.1, 0.15) is 30.5 Å². The number of fused-ring (bicyclic) bond motifs is 1. The Kier molecular flexibility index (Phi) is 4.71. The average Bonchev–Trinajstić information content (AvgIpc) is 2.89. The van der Waals surface area contributed by atoms with E-state index in [1.54, 1.807) is 11.9 Å². The second-order valence-electron chi connectivity index (χ2n) is 7.31. The summed E-state index contributed by atoms with van der Waals surface area (Å²) in [5.41, 5.74) is 3.21. The van der Waals surface area contributed by atoms with Crippen LogP contribution in [-0.4, -0.2) is 30.1 Å². The number of ether oxygens (including phenoxy) is 2. The van der Waals surface area contributed by atoms with Gasteiger partial charge in [0.2, 0.25) is 0 Å².